The van der Waals surface area contributed by atoms with Crippen molar-refractivity contribution in [2.24, 2.45) is 0 Å². The summed E-state index contributed by atoms with van der Waals surface area (Å²) >= 11 is 0. The lowest BCUT2D eigenvalue weighted by molar-refractivity contribution is -0.168. The van der Waals surface area contributed by atoms with Crippen LogP contribution in [0, 0.1) is 17.1 Å². The van der Waals surface area contributed by atoms with Gasteiger partial charge in [-0.1, -0.05) is 18.2 Å². The third-order valence-corrected chi connectivity index (χ3v) is 7.79. The first-order valence-electron chi connectivity index (χ1n) is 13.0. The summed E-state index contributed by atoms with van der Waals surface area (Å²) in [6.07, 6.45) is 0.167. The van der Waals surface area contributed by atoms with E-state index in [2.05, 4.69) is 21.6 Å². The van der Waals surface area contributed by atoms with Gasteiger partial charge < -0.3 is 24.8 Å². The summed E-state index contributed by atoms with van der Waals surface area (Å²) in [4.78, 5) is 27.3. The Balaban J connectivity index is 1.16. The maximum Gasteiger partial charge on any atom is 0.339 e. The molecule has 4 aliphatic heterocycles. The Kier molecular flexibility index (Phi) is 6.61. The molecule has 2 atom stereocenters. The molecule has 198 valence electrons. The maximum atomic E-state index is 15.2. The number of rotatable bonds is 6. The van der Waals surface area contributed by atoms with Crippen LogP contribution in [0.2, 0.25) is 0 Å². The molecule has 2 aromatic rings. The van der Waals surface area contributed by atoms with Crippen LogP contribution in [0.3, 0.4) is 0 Å². The number of nitrogens with zero attached hydrogens (tertiary/aromatic N) is 2. The average molecular weight is 521 g/mol. The summed E-state index contributed by atoms with van der Waals surface area (Å²) < 4.78 is 31.8. The van der Waals surface area contributed by atoms with E-state index in [-0.39, 0.29) is 18.3 Å². The monoisotopic (exact) mass is 520 g/mol. The van der Waals surface area contributed by atoms with E-state index in [4.69, 9.17) is 14.2 Å². The zero-order valence-electron chi connectivity index (χ0n) is 20.9. The van der Waals surface area contributed by atoms with Crippen LogP contribution in [0.1, 0.15) is 27.9 Å². The Morgan fingerprint density at radius 3 is 2.76 bits per heavy atom. The quantitative estimate of drug-likeness (QED) is 0.552. The normalized spacial score (nSPS) is 23.4. The summed E-state index contributed by atoms with van der Waals surface area (Å²) in [7, 11) is 0. The molecule has 1 spiro atoms. The maximum absolute atomic E-state index is 15.2. The summed E-state index contributed by atoms with van der Waals surface area (Å²) in [5.74, 6) is -1.18. The van der Waals surface area contributed by atoms with Crippen LogP contribution in [0.5, 0.6) is 0 Å². The predicted molar refractivity (Wildman–Crippen MR) is 134 cm³/mol. The fraction of sp³-hybridized carbons (Fsp3) is 0.464. The highest BCUT2D eigenvalue weighted by Crippen LogP contribution is 2.46. The van der Waals surface area contributed by atoms with E-state index in [0.29, 0.717) is 62.2 Å². The topological polar surface area (TPSA) is 113 Å². The van der Waals surface area contributed by atoms with Crippen molar-refractivity contribution in [1.29, 1.82) is 5.26 Å². The number of benzene rings is 2. The lowest BCUT2D eigenvalue weighted by Gasteiger charge is -2.52. The third kappa shape index (κ3) is 4.56. The van der Waals surface area contributed by atoms with Crippen LogP contribution in [-0.2, 0) is 31.0 Å². The molecule has 10 heteroatoms. The second kappa shape index (κ2) is 10.1. The molecule has 2 aromatic carbocycles. The number of ether oxygens (including phenoxy) is 3. The number of nitrogens with one attached hydrogen (secondary N) is 2. The number of amides is 1. The van der Waals surface area contributed by atoms with Crippen molar-refractivity contribution in [3.05, 3.63) is 58.9 Å². The van der Waals surface area contributed by atoms with Gasteiger partial charge in [-0.3, -0.25) is 9.69 Å². The number of likely N-dealkylation sites (tertiary alicyclic amines) is 1. The first-order chi connectivity index (χ1) is 18.5. The number of hydrogen-bond donors (Lipinski definition) is 2. The smallest absolute Gasteiger partial charge is 0.339 e. The number of esters is 1. The van der Waals surface area contributed by atoms with Gasteiger partial charge in [0.2, 0.25) is 0 Å². The van der Waals surface area contributed by atoms with Crippen molar-refractivity contribution in [2.75, 3.05) is 46.0 Å². The molecule has 1 amide bonds. The number of nitriles is 1. The minimum absolute atomic E-state index is 0.0326. The zero-order valence-corrected chi connectivity index (χ0v) is 20.9. The van der Waals surface area contributed by atoms with Gasteiger partial charge in [0.15, 0.2) is 5.60 Å². The van der Waals surface area contributed by atoms with Crippen molar-refractivity contribution in [3.8, 4) is 17.2 Å². The minimum atomic E-state index is -0.889. The molecule has 6 rings (SSSR count). The van der Waals surface area contributed by atoms with E-state index in [1.165, 1.54) is 6.07 Å². The van der Waals surface area contributed by atoms with Gasteiger partial charge in [-0.2, -0.15) is 5.26 Å². The Labute approximate surface area is 219 Å². The highest BCUT2D eigenvalue weighted by Gasteiger charge is 2.56. The van der Waals surface area contributed by atoms with Gasteiger partial charge in [0.1, 0.15) is 18.0 Å². The van der Waals surface area contributed by atoms with E-state index in [1.54, 1.807) is 24.3 Å². The van der Waals surface area contributed by atoms with E-state index in [0.717, 1.165) is 24.1 Å². The second-order valence-electron chi connectivity index (χ2n) is 10.4. The summed E-state index contributed by atoms with van der Waals surface area (Å²) in [5.41, 5.74) is 2.49. The van der Waals surface area contributed by atoms with Crippen LogP contribution in [0.4, 0.5) is 4.39 Å². The van der Waals surface area contributed by atoms with Gasteiger partial charge in [-0.05, 0) is 47.9 Å². The highest BCUT2D eigenvalue weighted by atomic mass is 19.1. The van der Waals surface area contributed by atoms with Gasteiger partial charge in [-0.15, -0.1) is 0 Å². The Bertz CT molecular complexity index is 1290. The molecule has 0 saturated carbocycles. The molecule has 2 N–H and O–H groups in total. The van der Waals surface area contributed by atoms with Crippen LogP contribution in [0.25, 0.3) is 11.1 Å². The van der Waals surface area contributed by atoms with Gasteiger partial charge in [0.25, 0.3) is 5.91 Å². The molecule has 4 heterocycles. The predicted octanol–water partition coefficient (Wildman–Crippen LogP) is 1.50. The molecular formula is C28H29FN4O5. The summed E-state index contributed by atoms with van der Waals surface area (Å²) in [6, 6.07) is 11.8. The zero-order chi connectivity index (χ0) is 26.3. The van der Waals surface area contributed by atoms with Crippen molar-refractivity contribution in [2.45, 2.75) is 36.6 Å². The van der Waals surface area contributed by atoms with Crippen molar-refractivity contribution < 1.29 is 28.2 Å². The fourth-order valence-corrected chi connectivity index (χ4v) is 5.49. The fourth-order valence-electron chi connectivity index (χ4n) is 5.49. The molecule has 0 radical (unpaired) electrons. The van der Waals surface area contributed by atoms with Gasteiger partial charge in [-0.25, -0.2) is 9.18 Å². The third-order valence-electron chi connectivity index (χ3n) is 7.79. The van der Waals surface area contributed by atoms with Crippen molar-refractivity contribution in [1.82, 2.24) is 15.5 Å². The molecule has 0 bridgehead atoms. The lowest BCUT2D eigenvalue weighted by Crippen LogP contribution is -2.66. The van der Waals surface area contributed by atoms with E-state index in [9.17, 15) is 14.9 Å². The molecule has 3 fully saturated rings. The van der Waals surface area contributed by atoms with E-state index >= 15 is 4.39 Å². The number of fused-ring (bicyclic) bond motifs is 2. The van der Waals surface area contributed by atoms with Crippen molar-refractivity contribution in [3.63, 3.8) is 0 Å². The summed E-state index contributed by atoms with van der Waals surface area (Å²) in [5, 5.41) is 15.4. The Morgan fingerprint density at radius 1 is 1.24 bits per heavy atom. The van der Waals surface area contributed by atoms with Gasteiger partial charge in [0.05, 0.1) is 30.9 Å². The molecule has 4 aliphatic rings. The van der Waals surface area contributed by atoms with Crippen LogP contribution in [0.15, 0.2) is 36.4 Å². The number of carbonyl (C=O) groups is 2. The number of halogens is 1. The van der Waals surface area contributed by atoms with E-state index < -0.39 is 23.6 Å². The molecule has 9 nitrogen and oxygen atoms in total. The number of carbonyl (C=O) groups excluding carboxylic acids is 2. The Morgan fingerprint density at radius 2 is 2.03 bits per heavy atom. The van der Waals surface area contributed by atoms with Gasteiger partial charge in [0, 0.05) is 38.2 Å². The highest BCUT2D eigenvalue weighted by molar-refractivity contribution is 5.96. The van der Waals surface area contributed by atoms with E-state index in [1.807, 2.05) is 6.07 Å². The minimum Gasteiger partial charge on any atom is -0.448 e. The molecule has 0 aliphatic carbocycles. The molecular weight excluding hydrogens is 491 g/mol. The largest absolute Gasteiger partial charge is 0.448 e. The van der Waals surface area contributed by atoms with Gasteiger partial charge >= 0.3 is 5.97 Å². The SMILES string of the molecule is N#C[C@H](Cc1ccc(-c2ccc3c(c2)C2(CN(C4COC4)C2)OC3=O)cc1F)NC(=O)[C@@H]1CNCCCO1. The van der Waals surface area contributed by atoms with Crippen molar-refractivity contribution >= 4 is 11.9 Å². The number of hydrogen-bond acceptors (Lipinski definition) is 8. The molecule has 0 unspecified atom stereocenters. The molecule has 3 saturated heterocycles. The standard InChI is InChI=1S/C28H29FN4O5/c29-24-10-18(2-3-19(24)8-20(11-30)32-26(34)25-12-31-6-1-7-37-25)17-4-5-22-23(9-17)28(38-27(22)35)15-33(16-28)21-13-36-14-21/h2-5,9-10,20-21,25,31H,1,6-8,12-16H2,(H,32,34)/t20-,25-/m0/s1. The summed E-state index contributed by atoms with van der Waals surface area (Å²) in [6.45, 7) is 4.26. The van der Waals surface area contributed by atoms with Crippen LogP contribution >= 0.6 is 0 Å². The Hall–Kier alpha value is -3.36. The van der Waals surface area contributed by atoms with Crippen LogP contribution in [-0.4, -0.2) is 81.0 Å². The van der Waals surface area contributed by atoms with Crippen LogP contribution < -0.4 is 10.6 Å². The lowest BCUT2D eigenvalue weighted by atomic mass is 9.82. The molecule has 38 heavy (non-hydrogen) atoms. The first-order valence-corrected chi connectivity index (χ1v) is 13.0. The second-order valence-corrected chi connectivity index (χ2v) is 10.4. The molecule has 0 aromatic heterocycles. The first kappa shape index (κ1) is 24.9. The average Bonchev–Trinajstić information content (AvgIpc) is 3.02.